The van der Waals surface area contributed by atoms with Gasteiger partial charge in [-0.2, -0.15) is 0 Å². The SMILES string of the molecule is NC1CCCN(Cc2nccnc2Cl)C1. The molecule has 2 N–H and O–H groups in total. The van der Waals surface area contributed by atoms with Crippen LogP contribution in [0.1, 0.15) is 18.5 Å². The lowest BCUT2D eigenvalue weighted by Gasteiger charge is -2.30. The number of hydrogen-bond donors (Lipinski definition) is 1. The number of aromatic nitrogens is 2. The van der Waals surface area contributed by atoms with Gasteiger partial charge in [0, 0.05) is 31.5 Å². The molecule has 1 atom stereocenters. The molecule has 1 aromatic heterocycles. The van der Waals surface area contributed by atoms with E-state index in [-0.39, 0.29) is 6.04 Å². The van der Waals surface area contributed by atoms with Crippen LogP contribution < -0.4 is 5.73 Å². The van der Waals surface area contributed by atoms with Gasteiger partial charge in [0.05, 0.1) is 5.69 Å². The molecule has 0 radical (unpaired) electrons. The highest BCUT2D eigenvalue weighted by atomic mass is 35.5. The fourth-order valence-corrected chi connectivity index (χ4v) is 2.07. The molecule has 4 nitrogen and oxygen atoms in total. The van der Waals surface area contributed by atoms with E-state index in [0.29, 0.717) is 5.15 Å². The number of nitrogens with two attached hydrogens (primary N) is 1. The largest absolute Gasteiger partial charge is 0.327 e. The summed E-state index contributed by atoms with van der Waals surface area (Å²) in [6, 6.07) is 0.286. The number of rotatable bonds is 2. The van der Waals surface area contributed by atoms with E-state index in [1.165, 1.54) is 0 Å². The van der Waals surface area contributed by atoms with Gasteiger partial charge in [0.1, 0.15) is 0 Å². The van der Waals surface area contributed by atoms with Crippen molar-refractivity contribution >= 4 is 11.6 Å². The summed E-state index contributed by atoms with van der Waals surface area (Å²) in [7, 11) is 0. The number of hydrogen-bond acceptors (Lipinski definition) is 4. The van der Waals surface area contributed by atoms with Gasteiger partial charge >= 0.3 is 0 Å². The molecule has 0 amide bonds. The third-order valence-electron chi connectivity index (χ3n) is 2.64. The maximum Gasteiger partial charge on any atom is 0.151 e. The van der Waals surface area contributed by atoms with Crippen LogP contribution in [0.25, 0.3) is 0 Å². The zero-order valence-electron chi connectivity index (χ0n) is 8.56. The van der Waals surface area contributed by atoms with Crippen LogP contribution in [-0.2, 0) is 6.54 Å². The molecule has 1 aliphatic heterocycles. The lowest BCUT2D eigenvalue weighted by atomic mass is 10.1. The van der Waals surface area contributed by atoms with Gasteiger partial charge in [0.2, 0.25) is 0 Å². The quantitative estimate of drug-likeness (QED) is 0.819. The molecular weight excluding hydrogens is 212 g/mol. The smallest absolute Gasteiger partial charge is 0.151 e. The number of piperidine rings is 1. The van der Waals surface area contributed by atoms with Crippen LogP contribution in [0.3, 0.4) is 0 Å². The number of nitrogens with zero attached hydrogens (tertiary/aromatic N) is 3. The highest BCUT2D eigenvalue weighted by molar-refractivity contribution is 6.29. The molecule has 0 aliphatic carbocycles. The van der Waals surface area contributed by atoms with Crippen LogP contribution in [0.15, 0.2) is 12.4 Å². The maximum absolute atomic E-state index is 5.95. The average molecular weight is 227 g/mol. The second-order valence-electron chi connectivity index (χ2n) is 3.93. The zero-order chi connectivity index (χ0) is 10.7. The first kappa shape index (κ1) is 10.8. The summed E-state index contributed by atoms with van der Waals surface area (Å²) < 4.78 is 0. The van der Waals surface area contributed by atoms with E-state index >= 15 is 0 Å². The van der Waals surface area contributed by atoms with E-state index in [4.69, 9.17) is 17.3 Å². The van der Waals surface area contributed by atoms with Crippen molar-refractivity contribution in [3.63, 3.8) is 0 Å². The highest BCUT2D eigenvalue weighted by Crippen LogP contribution is 2.15. The molecule has 0 bridgehead atoms. The minimum atomic E-state index is 0.286. The Morgan fingerprint density at radius 3 is 3.00 bits per heavy atom. The standard InChI is InChI=1S/C10H15ClN4/c11-10-9(13-3-4-14-10)7-15-5-1-2-8(12)6-15/h3-4,8H,1-2,5-7,12H2. The van der Waals surface area contributed by atoms with Crippen molar-refractivity contribution in [1.82, 2.24) is 14.9 Å². The molecule has 5 heteroatoms. The minimum absolute atomic E-state index is 0.286. The topological polar surface area (TPSA) is 55.0 Å². The van der Waals surface area contributed by atoms with Crippen molar-refractivity contribution in [3.8, 4) is 0 Å². The van der Waals surface area contributed by atoms with Gasteiger partial charge in [-0.25, -0.2) is 4.98 Å². The Morgan fingerprint density at radius 1 is 1.47 bits per heavy atom. The van der Waals surface area contributed by atoms with Crippen LogP contribution in [0, 0.1) is 0 Å². The van der Waals surface area contributed by atoms with Gasteiger partial charge in [-0.3, -0.25) is 9.88 Å². The molecule has 0 spiro atoms. The van der Waals surface area contributed by atoms with Crippen LogP contribution in [0.4, 0.5) is 0 Å². The molecule has 0 saturated carbocycles. The van der Waals surface area contributed by atoms with Crippen LogP contribution in [0.2, 0.25) is 5.15 Å². The van der Waals surface area contributed by atoms with Gasteiger partial charge < -0.3 is 5.73 Å². The highest BCUT2D eigenvalue weighted by Gasteiger charge is 2.17. The van der Waals surface area contributed by atoms with Crippen molar-refractivity contribution in [2.24, 2.45) is 5.73 Å². The van der Waals surface area contributed by atoms with E-state index < -0.39 is 0 Å². The predicted octanol–water partition coefficient (Wildman–Crippen LogP) is 1.05. The Labute approximate surface area is 94.5 Å². The van der Waals surface area contributed by atoms with Crippen molar-refractivity contribution in [3.05, 3.63) is 23.2 Å². The Kier molecular flexibility index (Phi) is 3.51. The summed E-state index contributed by atoms with van der Waals surface area (Å²) in [5, 5.41) is 0.497. The molecule has 15 heavy (non-hydrogen) atoms. The summed E-state index contributed by atoms with van der Waals surface area (Å²) in [6.45, 7) is 2.74. The van der Waals surface area contributed by atoms with E-state index in [1.807, 2.05) is 0 Å². The van der Waals surface area contributed by atoms with E-state index in [2.05, 4.69) is 14.9 Å². The maximum atomic E-state index is 5.95. The van der Waals surface area contributed by atoms with E-state index in [0.717, 1.165) is 38.2 Å². The molecule has 1 saturated heterocycles. The summed E-state index contributed by atoms with van der Waals surface area (Å²) in [5.74, 6) is 0. The molecule has 1 unspecified atom stereocenters. The Balaban J connectivity index is 1.99. The predicted molar refractivity (Wildman–Crippen MR) is 59.5 cm³/mol. The normalized spacial score (nSPS) is 22.9. The Bertz CT molecular complexity index is 331. The second-order valence-corrected chi connectivity index (χ2v) is 4.29. The Morgan fingerprint density at radius 2 is 2.27 bits per heavy atom. The summed E-state index contributed by atoms with van der Waals surface area (Å²) in [6.07, 6.45) is 5.54. The molecule has 2 heterocycles. The second kappa shape index (κ2) is 4.88. The molecular formula is C10H15ClN4. The summed E-state index contributed by atoms with van der Waals surface area (Å²) in [5.41, 5.74) is 6.75. The van der Waals surface area contributed by atoms with Gasteiger partial charge in [0.15, 0.2) is 5.15 Å². The van der Waals surface area contributed by atoms with Crippen LogP contribution in [0.5, 0.6) is 0 Å². The molecule has 1 aromatic rings. The first-order valence-corrected chi connectivity index (χ1v) is 5.57. The summed E-state index contributed by atoms with van der Waals surface area (Å²) >= 11 is 5.95. The number of likely N-dealkylation sites (tertiary alicyclic amines) is 1. The third-order valence-corrected chi connectivity index (χ3v) is 2.95. The first-order chi connectivity index (χ1) is 7.25. The van der Waals surface area contributed by atoms with Gasteiger partial charge in [-0.15, -0.1) is 0 Å². The van der Waals surface area contributed by atoms with Crippen molar-refractivity contribution in [1.29, 1.82) is 0 Å². The Hall–Kier alpha value is -0.710. The first-order valence-electron chi connectivity index (χ1n) is 5.19. The lowest BCUT2D eigenvalue weighted by molar-refractivity contribution is 0.199. The van der Waals surface area contributed by atoms with Crippen molar-refractivity contribution in [2.75, 3.05) is 13.1 Å². The molecule has 82 valence electrons. The average Bonchev–Trinajstić information content (AvgIpc) is 2.22. The van der Waals surface area contributed by atoms with Crippen LogP contribution >= 0.6 is 11.6 Å². The molecule has 2 rings (SSSR count). The van der Waals surface area contributed by atoms with Crippen molar-refractivity contribution in [2.45, 2.75) is 25.4 Å². The van der Waals surface area contributed by atoms with E-state index in [1.54, 1.807) is 12.4 Å². The fraction of sp³-hybridized carbons (Fsp3) is 0.600. The lowest BCUT2D eigenvalue weighted by Crippen LogP contribution is -2.42. The zero-order valence-corrected chi connectivity index (χ0v) is 9.32. The molecule has 0 aromatic carbocycles. The van der Waals surface area contributed by atoms with Gasteiger partial charge in [-0.1, -0.05) is 11.6 Å². The minimum Gasteiger partial charge on any atom is -0.327 e. The fourth-order valence-electron chi connectivity index (χ4n) is 1.90. The van der Waals surface area contributed by atoms with E-state index in [9.17, 15) is 0 Å². The summed E-state index contributed by atoms with van der Waals surface area (Å²) in [4.78, 5) is 10.5. The third kappa shape index (κ3) is 2.87. The van der Waals surface area contributed by atoms with Crippen molar-refractivity contribution < 1.29 is 0 Å². The molecule has 1 fully saturated rings. The van der Waals surface area contributed by atoms with Crippen LogP contribution in [-0.4, -0.2) is 34.0 Å². The van der Waals surface area contributed by atoms with Gasteiger partial charge in [-0.05, 0) is 19.4 Å². The number of halogens is 1. The monoisotopic (exact) mass is 226 g/mol. The van der Waals surface area contributed by atoms with Gasteiger partial charge in [0.25, 0.3) is 0 Å². The molecule has 1 aliphatic rings.